The number of carbonyl (C=O) groups is 5. The maximum Gasteiger partial charge on any atom is 0.547 e. The fraction of sp³-hybridized carbons (Fsp3) is 0.292. The number of hydrogen-bond donors (Lipinski definition) is 6. The van der Waals surface area contributed by atoms with Crippen LogP contribution in [0.25, 0.3) is 0 Å². The summed E-state index contributed by atoms with van der Waals surface area (Å²) in [5.74, 6) is -7.14. The summed E-state index contributed by atoms with van der Waals surface area (Å²) in [6.07, 6.45) is -0.110. The molecule has 2 atom stereocenters. The molecule has 2 unspecified atom stereocenters. The van der Waals surface area contributed by atoms with Gasteiger partial charge >= 0.3 is 38.5 Å². The summed E-state index contributed by atoms with van der Waals surface area (Å²) < 4.78 is 31.6. The van der Waals surface area contributed by atoms with E-state index in [1.165, 1.54) is 23.1 Å². The van der Waals surface area contributed by atoms with E-state index in [1.807, 2.05) is 0 Å². The van der Waals surface area contributed by atoms with E-state index in [0.717, 1.165) is 12.1 Å². The number of imide groups is 1. The monoisotopic (exact) mass is 606 g/mol. The van der Waals surface area contributed by atoms with Gasteiger partial charge < -0.3 is 40.1 Å². The first-order valence-corrected chi connectivity index (χ1v) is 14.1. The highest BCUT2D eigenvalue weighted by atomic mass is 31.2. The number of benzene rings is 2. The summed E-state index contributed by atoms with van der Waals surface area (Å²) in [5, 5.41) is 23.6. The van der Waals surface area contributed by atoms with E-state index in [-0.39, 0.29) is 42.9 Å². The lowest BCUT2D eigenvalue weighted by molar-refractivity contribution is -0.153. The molecule has 0 bridgehead atoms. The highest BCUT2D eigenvalue weighted by Crippen LogP contribution is 2.35. The van der Waals surface area contributed by atoms with Gasteiger partial charge in [0, 0.05) is 19.6 Å². The first kappa shape index (κ1) is 30.6. The SMILES string of the molecule is CCN1CCN(C(=O)NC(C(=O)NC2Cc3cccc(C(=O)O)c3OB2O)c2ccc(P(=O)(O)O)c(F)c2)C(=O)C1=O. The molecule has 2 aliphatic rings. The van der Waals surface area contributed by atoms with Crippen molar-refractivity contribution in [1.29, 1.82) is 0 Å². The third-order valence-electron chi connectivity index (χ3n) is 6.76. The van der Waals surface area contributed by atoms with Gasteiger partial charge in [0.05, 0.1) is 16.8 Å². The number of halogens is 1. The van der Waals surface area contributed by atoms with Crippen molar-refractivity contribution < 1.29 is 57.5 Å². The summed E-state index contributed by atoms with van der Waals surface area (Å²) >= 11 is 0. The first-order chi connectivity index (χ1) is 19.7. The number of carbonyl (C=O) groups excluding carboxylic acids is 4. The Morgan fingerprint density at radius 1 is 1.17 bits per heavy atom. The number of piperazine rings is 1. The van der Waals surface area contributed by atoms with Crippen molar-refractivity contribution in [2.24, 2.45) is 0 Å². The second kappa shape index (κ2) is 11.9. The molecule has 2 aromatic carbocycles. The van der Waals surface area contributed by atoms with Crippen molar-refractivity contribution in [2.75, 3.05) is 19.6 Å². The molecule has 2 heterocycles. The average Bonchev–Trinajstić information content (AvgIpc) is 2.92. The number of carboxylic acids is 1. The van der Waals surface area contributed by atoms with Gasteiger partial charge in [-0.1, -0.05) is 18.2 Å². The van der Waals surface area contributed by atoms with Gasteiger partial charge in [0.1, 0.15) is 17.6 Å². The quantitative estimate of drug-likeness (QED) is 0.126. The highest BCUT2D eigenvalue weighted by Gasteiger charge is 2.41. The van der Waals surface area contributed by atoms with E-state index in [4.69, 9.17) is 4.65 Å². The van der Waals surface area contributed by atoms with Crippen LogP contribution in [0.3, 0.4) is 0 Å². The molecule has 18 heteroatoms. The predicted molar refractivity (Wildman–Crippen MR) is 141 cm³/mol. The van der Waals surface area contributed by atoms with E-state index < -0.39 is 67.5 Å². The van der Waals surface area contributed by atoms with Crippen LogP contribution >= 0.6 is 7.60 Å². The van der Waals surface area contributed by atoms with Crippen LogP contribution in [0.1, 0.15) is 34.5 Å². The molecule has 0 aliphatic carbocycles. The number of nitrogens with zero attached hydrogens (tertiary/aromatic N) is 2. The minimum Gasteiger partial charge on any atom is -0.534 e. The van der Waals surface area contributed by atoms with E-state index in [9.17, 15) is 52.8 Å². The van der Waals surface area contributed by atoms with Crippen LogP contribution in [-0.2, 0) is 25.4 Å². The normalized spacial score (nSPS) is 17.7. The molecule has 2 aromatic rings. The number of fused-ring (bicyclic) bond motifs is 1. The lowest BCUT2D eigenvalue weighted by Crippen LogP contribution is -2.60. The number of amides is 5. The topological polar surface area (TPSA) is 223 Å². The van der Waals surface area contributed by atoms with Crippen LogP contribution in [-0.4, -0.2) is 92.1 Å². The molecular formula is C24H25BFN4O11P. The van der Waals surface area contributed by atoms with Crippen molar-refractivity contribution in [2.45, 2.75) is 25.3 Å². The molecule has 0 spiro atoms. The van der Waals surface area contributed by atoms with Gasteiger partial charge in [-0.15, -0.1) is 0 Å². The van der Waals surface area contributed by atoms with Crippen LogP contribution < -0.4 is 20.6 Å². The Balaban J connectivity index is 1.62. The zero-order chi connectivity index (χ0) is 30.9. The highest BCUT2D eigenvalue weighted by molar-refractivity contribution is 7.60. The molecule has 42 heavy (non-hydrogen) atoms. The smallest absolute Gasteiger partial charge is 0.534 e. The van der Waals surface area contributed by atoms with E-state index in [1.54, 1.807) is 6.92 Å². The summed E-state index contributed by atoms with van der Waals surface area (Å²) in [5.41, 5.74) is -0.174. The number of hydrogen-bond acceptors (Lipinski definition) is 8. The predicted octanol–water partition coefficient (Wildman–Crippen LogP) is -1.09. The fourth-order valence-electron chi connectivity index (χ4n) is 4.59. The van der Waals surface area contributed by atoms with E-state index >= 15 is 0 Å². The Morgan fingerprint density at radius 3 is 2.50 bits per heavy atom. The first-order valence-electron chi connectivity index (χ1n) is 12.5. The largest absolute Gasteiger partial charge is 0.547 e. The summed E-state index contributed by atoms with van der Waals surface area (Å²) in [4.78, 5) is 83.3. The summed E-state index contributed by atoms with van der Waals surface area (Å²) in [7, 11) is -6.77. The number of rotatable bonds is 7. The Labute approximate surface area is 237 Å². The summed E-state index contributed by atoms with van der Waals surface area (Å²) in [6.45, 7) is 1.68. The van der Waals surface area contributed by atoms with Gasteiger partial charge in [-0.05, 0) is 42.7 Å². The van der Waals surface area contributed by atoms with Gasteiger partial charge in [-0.3, -0.25) is 23.8 Å². The van der Waals surface area contributed by atoms with Crippen molar-refractivity contribution >= 4 is 49.7 Å². The molecule has 0 saturated carbocycles. The van der Waals surface area contributed by atoms with Crippen LogP contribution in [0.15, 0.2) is 36.4 Å². The van der Waals surface area contributed by atoms with Crippen LogP contribution in [0.2, 0.25) is 0 Å². The van der Waals surface area contributed by atoms with Gasteiger partial charge in [0.15, 0.2) is 0 Å². The molecule has 0 aromatic heterocycles. The van der Waals surface area contributed by atoms with Gasteiger partial charge in [-0.2, -0.15) is 0 Å². The molecular weight excluding hydrogens is 581 g/mol. The minimum absolute atomic E-state index is 0.0281. The fourth-order valence-corrected chi connectivity index (χ4v) is 5.20. The molecule has 4 rings (SSSR count). The number of para-hydroxylation sites is 1. The van der Waals surface area contributed by atoms with Gasteiger partial charge in [-0.25, -0.2) is 14.0 Å². The van der Waals surface area contributed by atoms with E-state index in [2.05, 4.69) is 10.6 Å². The second-order valence-electron chi connectivity index (χ2n) is 9.41. The van der Waals surface area contributed by atoms with Crippen LogP contribution in [0.4, 0.5) is 9.18 Å². The molecule has 1 fully saturated rings. The summed E-state index contributed by atoms with van der Waals surface area (Å²) in [6, 6.07) is 3.57. The van der Waals surface area contributed by atoms with Gasteiger partial charge in [0.25, 0.3) is 0 Å². The number of carboxylic acid groups (broad SMARTS) is 1. The van der Waals surface area contributed by atoms with Crippen molar-refractivity contribution in [3.63, 3.8) is 0 Å². The lowest BCUT2D eigenvalue weighted by atomic mass is 9.72. The number of likely N-dealkylation sites (N-methyl/N-ethyl adjacent to an activating group) is 1. The third kappa shape index (κ3) is 6.13. The number of nitrogens with one attached hydrogen (secondary N) is 2. The number of aromatic carboxylic acids is 1. The third-order valence-corrected chi connectivity index (χ3v) is 7.75. The van der Waals surface area contributed by atoms with Crippen molar-refractivity contribution in [1.82, 2.24) is 20.4 Å². The zero-order valence-corrected chi connectivity index (χ0v) is 22.8. The molecule has 15 nitrogen and oxygen atoms in total. The standard InChI is InChI=1S/C24H25BFN4O11P/c1-2-29-8-9-30(22(33)21(29)32)24(36)28-18(12-6-7-16(15(26)10-12)42(38,39)40)20(31)27-17-11-13-4-3-5-14(23(34)35)19(13)41-25(17)37/h3-7,10,17-18,37H,2,8-9,11H2,1H3,(H,27,31)(H,28,36)(H,34,35)(H2,38,39,40). The lowest BCUT2D eigenvalue weighted by Gasteiger charge is -2.33. The second-order valence-corrected chi connectivity index (χ2v) is 11.0. The molecule has 5 amide bonds. The Morgan fingerprint density at radius 2 is 1.88 bits per heavy atom. The Bertz CT molecular complexity index is 1520. The van der Waals surface area contributed by atoms with Gasteiger partial charge in [0.2, 0.25) is 5.91 Å². The molecule has 222 valence electrons. The maximum absolute atomic E-state index is 14.7. The zero-order valence-electron chi connectivity index (χ0n) is 21.9. The maximum atomic E-state index is 14.7. The van der Waals surface area contributed by atoms with E-state index in [0.29, 0.717) is 16.5 Å². The Kier molecular flexibility index (Phi) is 8.68. The number of urea groups is 1. The molecule has 2 aliphatic heterocycles. The molecule has 6 N–H and O–H groups in total. The van der Waals surface area contributed by atoms with Crippen LogP contribution in [0, 0.1) is 5.82 Å². The Hall–Kier alpha value is -4.31. The molecule has 1 saturated heterocycles. The van der Waals surface area contributed by atoms with Crippen molar-refractivity contribution in [3.05, 3.63) is 58.9 Å². The van der Waals surface area contributed by atoms with Crippen molar-refractivity contribution in [3.8, 4) is 5.75 Å². The van der Waals surface area contributed by atoms with Crippen LogP contribution in [0.5, 0.6) is 5.75 Å². The minimum atomic E-state index is -5.03. The molecule has 0 radical (unpaired) electrons. The average molecular weight is 606 g/mol.